The number of hydrogen-bond acceptors (Lipinski definition) is 1. The van der Waals surface area contributed by atoms with Crippen LogP contribution in [0.4, 0.5) is 0 Å². The van der Waals surface area contributed by atoms with E-state index in [0.717, 1.165) is 27.5 Å². The Balaban J connectivity index is 1.22. The number of furan rings is 1. The standard InChI is InChI=1S/C49H36OSi/c1-51(2,3)46-29-27-35(34-17-6-7-18-36(34)46)42-24-13-25-43-44-30-32(26-28-45(44)50-49(42)43)47-38-19-8-10-21-40(38)48(41-22-11-9-20-39(41)47)37-23-12-15-31-14-4-5-16-33(31)37/h4-30H,1-3H3. The molecule has 0 aliphatic heterocycles. The molecule has 1 heterocycles. The molecule has 0 bridgehead atoms. The summed E-state index contributed by atoms with van der Waals surface area (Å²) in [7, 11) is -1.54. The second-order valence-electron chi connectivity index (χ2n) is 14.8. The van der Waals surface area contributed by atoms with Gasteiger partial charge in [-0.3, -0.25) is 0 Å². The highest BCUT2D eigenvalue weighted by Gasteiger charge is 2.23. The van der Waals surface area contributed by atoms with Crippen LogP contribution < -0.4 is 5.19 Å². The van der Waals surface area contributed by atoms with Crippen molar-refractivity contribution in [1.82, 2.24) is 0 Å². The number of benzene rings is 9. The van der Waals surface area contributed by atoms with Gasteiger partial charge < -0.3 is 4.42 Å². The van der Waals surface area contributed by atoms with E-state index >= 15 is 0 Å². The Morgan fingerprint density at radius 3 is 1.63 bits per heavy atom. The quantitative estimate of drug-likeness (QED) is 0.134. The minimum Gasteiger partial charge on any atom is -0.455 e. The molecule has 0 atom stereocenters. The zero-order chi connectivity index (χ0) is 34.3. The fourth-order valence-electron chi connectivity index (χ4n) is 8.53. The van der Waals surface area contributed by atoms with E-state index in [1.54, 1.807) is 0 Å². The first-order valence-corrected chi connectivity index (χ1v) is 21.4. The highest BCUT2D eigenvalue weighted by atomic mass is 28.3. The van der Waals surface area contributed by atoms with Crippen LogP contribution in [0.15, 0.2) is 168 Å². The van der Waals surface area contributed by atoms with Crippen molar-refractivity contribution in [3.05, 3.63) is 164 Å². The molecule has 10 aromatic rings. The van der Waals surface area contributed by atoms with Gasteiger partial charge in [-0.05, 0) is 83.0 Å². The Hall–Kier alpha value is -5.96. The minimum atomic E-state index is -1.54. The molecule has 0 radical (unpaired) electrons. The van der Waals surface area contributed by atoms with Crippen LogP contribution in [-0.4, -0.2) is 8.07 Å². The molecule has 0 unspecified atom stereocenters. The average Bonchev–Trinajstić information content (AvgIpc) is 3.54. The maximum absolute atomic E-state index is 6.78. The summed E-state index contributed by atoms with van der Waals surface area (Å²) in [4.78, 5) is 0. The van der Waals surface area contributed by atoms with Gasteiger partial charge in [0.05, 0.1) is 8.07 Å². The summed E-state index contributed by atoms with van der Waals surface area (Å²) < 4.78 is 6.78. The van der Waals surface area contributed by atoms with Crippen LogP contribution in [0.1, 0.15) is 0 Å². The third-order valence-electron chi connectivity index (χ3n) is 10.8. The molecular formula is C49H36OSi. The van der Waals surface area contributed by atoms with Crippen molar-refractivity contribution in [2.24, 2.45) is 0 Å². The smallest absolute Gasteiger partial charge is 0.143 e. The topological polar surface area (TPSA) is 13.1 Å². The first kappa shape index (κ1) is 29.9. The van der Waals surface area contributed by atoms with E-state index in [1.807, 2.05) is 0 Å². The van der Waals surface area contributed by atoms with E-state index in [2.05, 4.69) is 183 Å². The Bertz CT molecular complexity index is 2950. The predicted octanol–water partition coefficient (Wildman–Crippen LogP) is 13.7. The molecule has 0 aliphatic rings. The van der Waals surface area contributed by atoms with Crippen molar-refractivity contribution < 1.29 is 4.42 Å². The lowest BCUT2D eigenvalue weighted by molar-refractivity contribution is 0.670. The molecular weight excluding hydrogens is 633 g/mol. The monoisotopic (exact) mass is 668 g/mol. The largest absolute Gasteiger partial charge is 0.455 e. The van der Waals surface area contributed by atoms with Gasteiger partial charge in [-0.15, -0.1) is 0 Å². The van der Waals surface area contributed by atoms with Crippen molar-refractivity contribution in [3.63, 3.8) is 0 Å². The molecule has 1 aromatic heterocycles. The van der Waals surface area contributed by atoms with Gasteiger partial charge in [0.2, 0.25) is 0 Å². The first-order valence-electron chi connectivity index (χ1n) is 17.9. The summed E-state index contributed by atoms with van der Waals surface area (Å²) in [6, 6.07) is 60.2. The maximum Gasteiger partial charge on any atom is 0.143 e. The van der Waals surface area contributed by atoms with Crippen molar-refractivity contribution in [2.45, 2.75) is 19.6 Å². The van der Waals surface area contributed by atoms with E-state index in [-0.39, 0.29) is 0 Å². The van der Waals surface area contributed by atoms with Gasteiger partial charge in [0.15, 0.2) is 0 Å². The summed E-state index contributed by atoms with van der Waals surface area (Å²) in [5, 5.41) is 14.0. The molecule has 0 fully saturated rings. The van der Waals surface area contributed by atoms with Gasteiger partial charge in [0.25, 0.3) is 0 Å². The molecule has 0 saturated carbocycles. The Kier molecular flexibility index (Phi) is 6.62. The fraction of sp³-hybridized carbons (Fsp3) is 0.0612. The Morgan fingerprint density at radius 1 is 0.373 bits per heavy atom. The average molecular weight is 669 g/mol. The number of para-hydroxylation sites is 1. The highest BCUT2D eigenvalue weighted by Crippen LogP contribution is 2.46. The van der Waals surface area contributed by atoms with E-state index in [9.17, 15) is 0 Å². The highest BCUT2D eigenvalue weighted by molar-refractivity contribution is 6.90. The zero-order valence-electron chi connectivity index (χ0n) is 29.0. The molecule has 1 nitrogen and oxygen atoms in total. The predicted molar refractivity (Wildman–Crippen MR) is 223 cm³/mol. The lowest BCUT2D eigenvalue weighted by Crippen LogP contribution is -2.38. The minimum absolute atomic E-state index is 0.908. The first-order chi connectivity index (χ1) is 25.0. The van der Waals surface area contributed by atoms with Gasteiger partial charge in [-0.25, -0.2) is 0 Å². The third kappa shape index (κ3) is 4.60. The van der Waals surface area contributed by atoms with E-state index in [4.69, 9.17) is 4.42 Å². The van der Waals surface area contributed by atoms with Crippen molar-refractivity contribution >= 4 is 78.3 Å². The molecule has 9 aromatic carbocycles. The lowest BCUT2D eigenvalue weighted by atomic mass is 9.84. The summed E-state index contributed by atoms with van der Waals surface area (Å²) in [6.45, 7) is 7.28. The molecule has 0 aliphatic carbocycles. The zero-order valence-corrected chi connectivity index (χ0v) is 30.0. The maximum atomic E-state index is 6.78. The van der Waals surface area contributed by atoms with Gasteiger partial charge in [0, 0.05) is 16.3 Å². The van der Waals surface area contributed by atoms with Gasteiger partial charge in [-0.2, -0.15) is 0 Å². The van der Waals surface area contributed by atoms with Crippen LogP contribution in [0.5, 0.6) is 0 Å². The number of rotatable bonds is 4. The normalized spacial score (nSPS) is 12.2. The van der Waals surface area contributed by atoms with Crippen molar-refractivity contribution in [2.75, 3.05) is 0 Å². The van der Waals surface area contributed by atoms with Crippen LogP contribution in [0.25, 0.3) is 98.4 Å². The Labute approximate surface area is 298 Å². The summed E-state index contributed by atoms with van der Waals surface area (Å²) >= 11 is 0. The van der Waals surface area contributed by atoms with Crippen LogP contribution in [-0.2, 0) is 0 Å². The molecule has 0 spiro atoms. The van der Waals surface area contributed by atoms with Crippen molar-refractivity contribution in [1.29, 1.82) is 0 Å². The second kappa shape index (κ2) is 11.3. The summed E-state index contributed by atoms with van der Waals surface area (Å²) in [5.74, 6) is 0. The van der Waals surface area contributed by atoms with E-state index in [1.165, 1.54) is 76.1 Å². The molecule has 0 amide bonds. The van der Waals surface area contributed by atoms with Gasteiger partial charge >= 0.3 is 0 Å². The van der Waals surface area contributed by atoms with Gasteiger partial charge in [0.1, 0.15) is 11.2 Å². The molecule has 0 N–H and O–H groups in total. The summed E-state index contributed by atoms with van der Waals surface area (Å²) in [6.07, 6.45) is 0. The third-order valence-corrected chi connectivity index (χ3v) is 12.9. The van der Waals surface area contributed by atoms with E-state index < -0.39 is 8.07 Å². The van der Waals surface area contributed by atoms with Crippen LogP contribution in [0.3, 0.4) is 0 Å². The SMILES string of the molecule is C[Si](C)(C)c1ccc(-c2cccc3c2oc2ccc(-c4c5ccccc5c(-c5cccc6ccccc56)c5ccccc45)cc23)c2ccccc12. The van der Waals surface area contributed by atoms with E-state index in [0.29, 0.717) is 0 Å². The second-order valence-corrected chi connectivity index (χ2v) is 19.9. The molecule has 2 heteroatoms. The van der Waals surface area contributed by atoms with Crippen molar-refractivity contribution in [3.8, 4) is 33.4 Å². The molecule has 0 saturated heterocycles. The van der Waals surface area contributed by atoms with Crippen LogP contribution >= 0.6 is 0 Å². The lowest BCUT2D eigenvalue weighted by Gasteiger charge is -2.21. The van der Waals surface area contributed by atoms with Gasteiger partial charge in [-0.1, -0.05) is 176 Å². The Morgan fingerprint density at radius 2 is 0.922 bits per heavy atom. The number of fused-ring (bicyclic) bond motifs is 7. The molecule has 10 rings (SSSR count). The summed E-state index contributed by atoms with van der Waals surface area (Å²) in [5.41, 5.74) is 9.21. The molecule has 242 valence electrons. The molecule has 51 heavy (non-hydrogen) atoms. The van der Waals surface area contributed by atoms with Crippen LogP contribution in [0, 0.1) is 0 Å². The number of hydrogen-bond donors (Lipinski definition) is 0. The fourth-order valence-corrected chi connectivity index (χ4v) is 10.1. The van der Waals surface area contributed by atoms with Crippen LogP contribution in [0.2, 0.25) is 19.6 Å².